The van der Waals surface area contributed by atoms with Crippen molar-refractivity contribution < 1.29 is 17.9 Å². The molecule has 5 aromatic carbocycles. The van der Waals surface area contributed by atoms with E-state index in [9.17, 15) is 13.2 Å². The lowest BCUT2D eigenvalue weighted by molar-refractivity contribution is 0.102. The second kappa shape index (κ2) is 12.7. The van der Waals surface area contributed by atoms with E-state index in [-0.39, 0.29) is 21.2 Å². The van der Waals surface area contributed by atoms with Gasteiger partial charge in [0.25, 0.3) is 15.9 Å². The molecule has 6 nitrogen and oxygen atoms in total. The molecule has 0 radical (unpaired) electrons. The summed E-state index contributed by atoms with van der Waals surface area (Å²) in [6.45, 7) is 0. The van der Waals surface area contributed by atoms with E-state index in [1.807, 2.05) is 48.5 Å². The molecule has 1 amide bonds. The molecule has 0 heterocycles. The van der Waals surface area contributed by atoms with Crippen LogP contribution in [0.4, 0.5) is 11.4 Å². The number of amides is 1. The maximum atomic E-state index is 13.4. The molecular weight excluding hydrogens is 599 g/mol. The average Bonchev–Trinajstić information content (AvgIpc) is 2.97. The maximum absolute atomic E-state index is 13.4. The van der Waals surface area contributed by atoms with E-state index in [0.29, 0.717) is 22.2 Å². The fourth-order valence-electron chi connectivity index (χ4n) is 3.80. The largest absolute Gasteiger partial charge is 0.456 e. The van der Waals surface area contributed by atoms with Gasteiger partial charge in [0.15, 0.2) is 0 Å². The number of benzene rings is 5. The fourth-order valence-corrected chi connectivity index (χ4v) is 6.15. The fraction of sp³-hybridized carbons (Fsp3) is 0. The van der Waals surface area contributed by atoms with E-state index < -0.39 is 15.9 Å². The first-order valence-electron chi connectivity index (χ1n) is 12.3. The molecule has 0 saturated carbocycles. The lowest BCUT2D eigenvalue weighted by atomic mass is 10.1. The predicted molar refractivity (Wildman–Crippen MR) is 165 cm³/mol. The summed E-state index contributed by atoms with van der Waals surface area (Å²) in [6.07, 6.45) is 0. The van der Waals surface area contributed by atoms with E-state index >= 15 is 0 Å². The maximum Gasteiger partial charge on any atom is 0.261 e. The first kappa shape index (κ1) is 28.6. The van der Waals surface area contributed by atoms with E-state index in [1.54, 1.807) is 30.3 Å². The summed E-state index contributed by atoms with van der Waals surface area (Å²) in [5, 5.41) is 3.61. The summed E-state index contributed by atoms with van der Waals surface area (Å²) >= 11 is 13.8. The van der Waals surface area contributed by atoms with Crippen molar-refractivity contribution >= 4 is 62.3 Å². The highest BCUT2D eigenvalue weighted by Crippen LogP contribution is 2.34. The second-order valence-electron chi connectivity index (χ2n) is 8.66. The Morgan fingerprint density at radius 2 is 1.41 bits per heavy atom. The van der Waals surface area contributed by atoms with Crippen LogP contribution in [-0.2, 0) is 10.0 Å². The third kappa shape index (κ3) is 7.23. The van der Waals surface area contributed by atoms with Crippen molar-refractivity contribution in [3.8, 4) is 11.5 Å². The number of ether oxygens (including phenoxy) is 1. The van der Waals surface area contributed by atoms with Crippen molar-refractivity contribution in [1.82, 2.24) is 0 Å². The normalized spacial score (nSPS) is 11.1. The van der Waals surface area contributed by atoms with Crippen molar-refractivity contribution in [2.75, 3.05) is 10.0 Å². The standard InChI is InChI=1S/C31H22Cl2N2O4S2/c32-21-14-19-27(35-41(37,38)24-17-15-22(16-18-24)39-29-12-6-4-10-26(29)33)25(20-21)31(36)34-28-11-5-7-13-30(28)40-23-8-2-1-3-9-23/h1-20,35H,(H,34,36). The molecule has 0 atom stereocenters. The van der Waals surface area contributed by atoms with Crippen LogP contribution in [0.2, 0.25) is 10.0 Å². The van der Waals surface area contributed by atoms with Crippen LogP contribution < -0.4 is 14.8 Å². The van der Waals surface area contributed by atoms with Crippen LogP contribution in [0.1, 0.15) is 10.4 Å². The highest BCUT2D eigenvalue weighted by atomic mass is 35.5. The number of carbonyl (C=O) groups is 1. The minimum Gasteiger partial charge on any atom is -0.456 e. The summed E-state index contributed by atoms with van der Waals surface area (Å²) in [6, 6.07) is 34.3. The number of sulfonamides is 1. The lowest BCUT2D eigenvalue weighted by Crippen LogP contribution is -2.19. The third-order valence-corrected chi connectivity index (χ3v) is 8.79. The van der Waals surface area contributed by atoms with Crippen LogP contribution in [0.3, 0.4) is 0 Å². The van der Waals surface area contributed by atoms with Gasteiger partial charge in [-0.2, -0.15) is 0 Å². The molecule has 5 aromatic rings. The summed E-state index contributed by atoms with van der Waals surface area (Å²) < 4.78 is 34.8. The minimum atomic E-state index is -4.06. The van der Waals surface area contributed by atoms with Gasteiger partial charge in [-0.15, -0.1) is 0 Å². The van der Waals surface area contributed by atoms with Crippen LogP contribution in [0, 0.1) is 0 Å². The minimum absolute atomic E-state index is 0.0186. The molecule has 0 bridgehead atoms. The lowest BCUT2D eigenvalue weighted by Gasteiger charge is -2.15. The van der Waals surface area contributed by atoms with Gasteiger partial charge in [-0.25, -0.2) is 8.42 Å². The Bertz CT molecular complexity index is 1800. The Labute approximate surface area is 252 Å². The summed E-state index contributed by atoms with van der Waals surface area (Å²) in [5.74, 6) is 0.342. The first-order chi connectivity index (χ1) is 19.8. The van der Waals surface area contributed by atoms with Gasteiger partial charge in [0, 0.05) is 14.8 Å². The molecule has 0 aliphatic rings. The van der Waals surface area contributed by atoms with Crippen molar-refractivity contribution in [3.63, 3.8) is 0 Å². The van der Waals surface area contributed by atoms with Gasteiger partial charge in [0.05, 0.1) is 26.9 Å². The van der Waals surface area contributed by atoms with Crippen molar-refractivity contribution in [2.24, 2.45) is 0 Å². The Morgan fingerprint density at radius 1 is 0.732 bits per heavy atom. The molecule has 2 N–H and O–H groups in total. The van der Waals surface area contributed by atoms with E-state index in [4.69, 9.17) is 27.9 Å². The van der Waals surface area contributed by atoms with E-state index in [1.165, 1.54) is 54.2 Å². The van der Waals surface area contributed by atoms with Crippen LogP contribution in [0.15, 0.2) is 136 Å². The molecule has 41 heavy (non-hydrogen) atoms. The number of halogens is 2. The van der Waals surface area contributed by atoms with Gasteiger partial charge in [0.1, 0.15) is 11.5 Å². The van der Waals surface area contributed by atoms with E-state index in [2.05, 4.69) is 10.0 Å². The van der Waals surface area contributed by atoms with Crippen LogP contribution in [0.5, 0.6) is 11.5 Å². The van der Waals surface area contributed by atoms with Gasteiger partial charge in [-0.05, 0) is 78.9 Å². The first-order valence-corrected chi connectivity index (χ1v) is 15.3. The number of hydrogen-bond donors (Lipinski definition) is 2. The summed E-state index contributed by atoms with van der Waals surface area (Å²) in [7, 11) is -4.06. The number of rotatable bonds is 9. The zero-order valence-electron chi connectivity index (χ0n) is 21.3. The van der Waals surface area contributed by atoms with Gasteiger partial charge < -0.3 is 10.1 Å². The summed E-state index contributed by atoms with van der Waals surface area (Å²) in [4.78, 5) is 15.2. The second-order valence-corrected chi connectivity index (χ2v) is 12.3. The monoisotopic (exact) mass is 620 g/mol. The molecule has 0 aromatic heterocycles. The predicted octanol–water partition coefficient (Wildman–Crippen LogP) is 8.99. The van der Waals surface area contributed by atoms with Crippen LogP contribution in [0.25, 0.3) is 0 Å². The molecular formula is C31H22Cl2N2O4S2. The number of para-hydroxylation sites is 2. The molecule has 0 fully saturated rings. The van der Waals surface area contributed by atoms with Crippen LogP contribution >= 0.6 is 35.0 Å². The Morgan fingerprint density at radius 3 is 2.17 bits per heavy atom. The van der Waals surface area contributed by atoms with Gasteiger partial charge in [-0.3, -0.25) is 9.52 Å². The zero-order chi connectivity index (χ0) is 28.8. The Kier molecular flexibility index (Phi) is 8.85. The number of carbonyl (C=O) groups excluding carboxylic acids is 1. The molecule has 10 heteroatoms. The molecule has 0 spiro atoms. The van der Waals surface area contributed by atoms with Crippen molar-refractivity contribution in [3.05, 3.63) is 137 Å². The third-order valence-electron chi connectivity index (χ3n) is 5.78. The van der Waals surface area contributed by atoms with Gasteiger partial charge >= 0.3 is 0 Å². The molecule has 5 rings (SSSR count). The number of hydrogen-bond acceptors (Lipinski definition) is 5. The highest BCUT2D eigenvalue weighted by Gasteiger charge is 2.20. The topological polar surface area (TPSA) is 84.5 Å². The average molecular weight is 622 g/mol. The summed E-state index contributed by atoms with van der Waals surface area (Å²) in [5.41, 5.74) is 0.727. The molecule has 0 saturated heterocycles. The molecule has 0 aliphatic carbocycles. The number of anilines is 2. The molecule has 0 unspecified atom stereocenters. The van der Waals surface area contributed by atoms with Crippen molar-refractivity contribution in [1.29, 1.82) is 0 Å². The highest BCUT2D eigenvalue weighted by molar-refractivity contribution is 7.99. The van der Waals surface area contributed by atoms with Crippen LogP contribution in [-0.4, -0.2) is 14.3 Å². The smallest absolute Gasteiger partial charge is 0.261 e. The van der Waals surface area contributed by atoms with E-state index in [0.717, 1.165) is 9.79 Å². The Hall–Kier alpha value is -3.95. The zero-order valence-corrected chi connectivity index (χ0v) is 24.4. The van der Waals surface area contributed by atoms with Gasteiger partial charge in [-0.1, -0.05) is 77.4 Å². The van der Waals surface area contributed by atoms with Gasteiger partial charge in [0.2, 0.25) is 0 Å². The number of nitrogens with one attached hydrogen (secondary N) is 2. The molecule has 206 valence electrons. The quantitative estimate of drug-likeness (QED) is 0.172. The van der Waals surface area contributed by atoms with Crippen molar-refractivity contribution in [2.45, 2.75) is 14.7 Å². The molecule has 0 aliphatic heterocycles. The SMILES string of the molecule is O=C(Nc1ccccc1Sc1ccccc1)c1cc(Cl)ccc1NS(=O)(=O)c1ccc(Oc2ccccc2Cl)cc1. The Balaban J connectivity index is 1.35.